The molecule has 12 heavy (non-hydrogen) atoms. The first kappa shape index (κ1) is 7.09. The van der Waals surface area contributed by atoms with E-state index in [1.165, 1.54) is 0 Å². The summed E-state index contributed by atoms with van der Waals surface area (Å²) in [5, 5.41) is 3.07. The largest absolute Gasteiger partial charge is 0.382 e. The van der Waals surface area contributed by atoms with Crippen molar-refractivity contribution in [1.82, 2.24) is 4.98 Å². The first-order chi connectivity index (χ1) is 5.79. The standard InChI is InChI=1S/C8H9N3O/c9-8(12)5-4-11-6-2-1-3-10-7(5)6/h1-3,5,11H,4H2,(H2,9,12). The van der Waals surface area contributed by atoms with Gasteiger partial charge in [-0.3, -0.25) is 9.78 Å². The first-order valence-electron chi connectivity index (χ1n) is 3.77. The maximum absolute atomic E-state index is 10.9. The lowest BCUT2D eigenvalue weighted by molar-refractivity contribution is -0.119. The van der Waals surface area contributed by atoms with Crippen molar-refractivity contribution in [2.45, 2.75) is 5.92 Å². The Bertz CT molecular complexity index is 324. The van der Waals surface area contributed by atoms with Gasteiger partial charge < -0.3 is 11.1 Å². The monoisotopic (exact) mass is 163 g/mol. The summed E-state index contributed by atoms with van der Waals surface area (Å²) in [4.78, 5) is 15.0. The van der Waals surface area contributed by atoms with Crippen molar-refractivity contribution in [3.05, 3.63) is 24.0 Å². The van der Waals surface area contributed by atoms with Gasteiger partial charge in [0.05, 0.1) is 17.3 Å². The number of hydrogen-bond acceptors (Lipinski definition) is 3. The Morgan fingerprint density at radius 2 is 2.58 bits per heavy atom. The fraction of sp³-hybridized carbons (Fsp3) is 0.250. The lowest BCUT2D eigenvalue weighted by Crippen LogP contribution is -2.23. The van der Waals surface area contributed by atoms with E-state index in [1.54, 1.807) is 6.20 Å². The van der Waals surface area contributed by atoms with Gasteiger partial charge in [-0.2, -0.15) is 0 Å². The molecule has 1 aliphatic heterocycles. The van der Waals surface area contributed by atoms with Crippen LogP contribution in [0.1, 0.15) is 11.6 Å². The van der Waals surface area contributed by atoms with Crippen LogP contribution in [-0.4, -0.2) is 17.4 Å². The third-order valence-corrected chi connectivity index (χ3v) is 2.01. The van der Waals surface area contributed by atoms with Gasteiger partial charge in [0.15, 0.2) is 0 Å². The maximum atomic E-state index is 10.9. The van der Waals surface area contributed by atoms with Gasteiger partial charge in [0.25, 0.3) is 0 Å². The molecule has 0 fully saturated rings. The number of pyridine rings is 1. The van der Waals surface area contributed by atoms with Crippen LogP contribution in [0.25, 0.3) is 0 Å². The molecule has 1 unspecified atom stereocenters. The van der Waals surface area contributed by atoms with Crippen LogP contribution >= 0.6 is 0 Å². The second-order valence-corrected chi connectivity index (χ2v) is 2.77. The number of anilines is 1. The number of carbonyl (C=O) groups is 1. The van der Waals surface area contributed by atoms with E-state index >= 15 is 0 Å². The molecule has 1 aromatic heterocycles. The lowest BCUT2D eigenvalue weighted by atomic mass is 10.1. The van der Waals surface area contributed by atoms with Crippen molar-refractivity contribution in [1.29, 1.82) is 0 Å². The van der Waals surface area contributed by atoms with E-state index in [1.807, 2.05) is 12.1 Å². The highest BCUT2D eigenvalue weighted by atomic mass is 16.1. The minimum absolute atomic E-state index is 0.263. The van der Waals surface area contributed by atoms with Gasteiger partial charge in [0.2, 0.25) is 5.91 Å². The van der Waals surface area contributed by atoms with Crippen molar-refractivity contribution in [2.75, 3.05) is 11.9 Å². The Kier molecular flexibility index (Phi) is 1.46. The molecule has 0 bridgehead atoms. The average Bonchev–Trinajstić information content (AvgIpc) is 2.47. The number of primary amides is 1. The van der Waals surface area contributed by atoms with Gasteiger partial charge in [-0.05, 0) is 12.1 Å². The molecule has 0 saturated carbocycles. The van der Waals surface area contributed by atoms with Crippen LogP contribution in [0.3, 0.4) is 0 Å². The predicted octanol–water partition coefficient (Wildman–Crippen LogP) is 0.0760. The van der Waals surface area contributed by atoms with Gasteiger partial charge in [-0.1, -0.05) is 0 Å². The summed E-state index contributed by atoms with van der Waals surface area (Å²) in [5.74, 6) is -0.582. The molecule has 62 valence electrons. The molecular formula is C8H9N3O. The van der Waals surface area contributed by atoms with Crippen LogP contribution in [0.5, 0.6) is 0 Å². The highest BCUT2D eigenvalue weighted by molar-refractivity contribution is 5.85. The highest BCUT2D eigenvalue weighted by Crippen LogP contribution is 2.28. The number of nitrogens with zero attached hydrogens (tertiary/aromatic N) is 1. The lowest BCUT2D eigenvalue weighted by Gasteiger charge is -2.01. The average molecular weight is 163 g/mol. The van der Waals surface area contributed by atoms with E-state index in [0.717, 1.165) is 11.4 Å². The van der Waals surface area contributed by atoms with E-state index in [4.69, 9.17) is 5.73 Å². The molecular weight excluding hydrogens is 154 g/mol. The molecule has 3 N–H and O–H groups in total. The van der Waals surface area contributed by atoms with E-state index in [9.17, 15) is 4.79 Å². The number of amides is 1. The summed E-state index contributed by atoms with van der Waals surface area (Å²) >= 11 is 0. The number of nitrogens with two attached hydrogens (primary N) is 1. The number of nitrogens with one attached hydrogen (secondary N) is 1. The molecule has 0 radical (unpaired) electrons. The van der Waals surface area contributed by atoms with Crippen LogP contribution in [-0.2, 0) is 4.79 Å². The zero-order chi connectivity index (χ0) is 8.55. The second kappa shape index (κ2) is 2.48. The Hall–Kier alpha value is -1.58. The smallest absolute Gasteiger partial charge is 0.228 e. The Labute approximate surface area is 69.8 Å². The number of aromatic nitrogens is 1. The molecule has 2 heterocycles. The summed E-state index contributed by atoms with van der Waals surface area (Å²) in [6.07, 6.45) is 1.67. The third-order valence-electron chi connectivity index (χ3n) is 2.01. The number of fused-ring (bicyclic) bond motifs is 1. The molecule has 0 aliphatic carbocycles. The fourth-order valence-corrected chi connectivity index (χ4v) is 1.39. The molecule has 0 spiro atoms. The highest BCUT2D eigenvalue weighted by Gasteiger charge is 2.27. The first-order valence-corrected chi connectivity index (χ1v) is 3.77. The molecule has 2 rings (SSSR count). The van der Waals surface area contributed by atoms with Crippen LogP contribution in [0.2, 0.25) is 0 Å². The van der Waals surface area contributed by atoms with Crippen LogP contribution in [0.4, 0.5) is 5.69 Å². The molecule has 4 nitrogen and oxygen atoms in total. The van der Waals surface area contributed by atoms with Crippen molar-refractivity contribution < 1.29 is 4.79 Å². The Morgan fingerprint density at radius 3 is 3.33 bits per heavy atom. The summed E-state index contributed by atoms with van der Waals surface area (Å²) < 4.78 is 0. The van der Waals surface area contributed by atoms with Gasteiger partial charge in [0.1, 0.15) is 0 Å². The minimum atomic E-state index is -0.319. The summed E-state index contributed by atoms with van der Waals surface area (Å²) in [6, 6.07) is 3.72. The predicted molar refractivity (Wildman–Crippen MR) is 44.7 cm³/mol. The molecule has 0 aromatic carbocycles. The third kappa shape index (κ3) is 0.922. The number of hydrogen-bond donors (Lipinski definition) is 2. The normalized spacial score (nSPS) is 19.8. The Balaban J connectivity index is 2.42. The molecule has 1 aliphatic rings. The van der Waals surface area contributed by atoms with Crippen molar-refractivity contribution in [3.63, 3.8) is 0 Å². The van der Waals surface area contributed by atoms with Crippen LogP contribution in [0.15, 0.2) is 18.3 Å². The van der Waals surface area contributed by atoms with Gasteiger partial charge in [-0.15, -0.1) is 0 Å². The van der Waals surface area contributed by atoms with E-state index in [-0.39, 0.29) is 11.8 Å². The van der Waals surface area contributed by atoms with E-state index in [2.05, 4.69) is 10.3 Å². The molecule has 1 amide bonds. The van der Waals surface area contributed by atoms with E-state index in [0.29, 0.717) is 6.54 Å². The summed E-state index contributed by atoms with van der Waals surface area (Å²) in [5.41, 5.74) is 6.88. The van der Waals surface area contributed by atoms with Gasteiger partial charge in [0, 0.05) is 12.7 Å². The quantitative estimate of drug-likeness (QED) is 0.615. The van der Waals surface area contributed by atoms with Crippen LogP contribution in [0, 0.1) is 0 Å². The summed E-state index contributed by atoms with van der Waals surface area (Å²) in [7, 11) is 0. The topological polar surface area (TPSA) is 68.0 Å². The summed E-state index contributed by atoms with van der Waals surface area (Å²) in [6.45, 7) is 0.571. The second-order valence-electron chi connectivity index (χ2n) is 2.77. The van der Waals surface area contributed by atoms with E-state index < -0.39 is 0 Å². The van der Waals surface area contributed by atoms with Crippen LogP contribution < -0.4 is 11.1 Å². The molecule has 1 aromatic rings. The van der Waals surface area contributed by atoms with Gasteiger partial charge in [-0.25, -0.2) is 0 Å². The van der Waals surface area contributed by atoms with Crippen molar-refractivity contribution >= 4 is 11.6 Å². The minimum Gasteiger partial charge on any atom is -0.382 e. The van der Waals surface area contributed by atoms with Crippen molar-refractivity contribution in [2.24, 2.45) is 5.73 Å². The molecule has 0 saturated heterocycles. The number of carbonyl (C=O) groups excluding carboxylic acids is 1. The zero-order valence-corrected chi connectivity index (χ0v) is 6.45. The SMILES string of the molecule is NC(=O)C1CNc2cccnc21. The fourth-order valence-electron chi connectivity index (χ4n) is 1.39. The maximum Gasteiger partial charge on any atom is 0.228 e. The molecule has 1 atom stereocenters. The number of rotatable bonds is 1. The molecule has 4 heteroatoms. The zero-order valence-electron chi connectivity index (χ0n) is 6.45. The van der Waals surface area contributed by atoms with Gasteiger partial charge >= 0.3 is 0 Å². The van der Waals surface area contributed by atoms with Crippen molar-refractivity contribution in [3.8, 4) is 0 Å². The Morgan fingerprint density at radius 1 is 1.75 bits per heavy atom.